The normalized spacial score (nSPS) is 10.8. The fourth-order valence-corrected chi connectivity index (χ4v) is 3.60. The molecule has 156 valence electrons. The van der Waals surface area contributed by atoms with Gasteiger partial charge in [0.15, 0.2) is 0 Å². The summed E-state index contributed by atoms with van der Waals surface area (Å²) in [7, 11) is 0. The van der Waals surface area contributed by atoms with Crippen molar-refractivity contribution in [1.82, 2.24) is 9.97 Å². The molecule has 5 nitrogen and oxygen atoms in total. The molecule has 4 aromatic carbocycles. The van der Waals surface area contributed by atoms with Gasteiger partial charge in [0.25, 0.3) is 0 Å². The number of hydrogen-bond acceptors (Lipinski definition) is 4. The molecule has 0 aliphatic rings. The van der Waals surface area contributed by atoms with Crippen molar-refractivity contribution in [2.75, 3.05) is 11.5 Å². The number of nitrogens with one attached hydrogen (secondary N) is 1. The Labute approximate surface area is 186 Å². The average Bonchev–Trinajstić information content (AvgIpc) is 3.28. The number of rotatable bonds is 5. The van der Waals surface area contributed by atoms with Gasteiger partial charge in [0, 0.05) is 22.4 Å². The number of H-pyrrole nitrogens is 1. The Morgan fingerprint density at radius 3 is 1.97 bits per heavy atom. The van der Waals surface area contributed by atoms with Crippen molar-refractivity contribution in [1.29, 1.82) is 0 Å². The van der Waals surface area contributed by atoms with Gasteiger partial charge >= 0.3 is 0 Å². The van der Waals surface area contributed by atoms with Crippen LogP contribution in [0.4, 0.5) is 11.4 Å². The highest BCUT2D eigenvalue weighted by Gasteiger charge is 2.15. The van der Waals surface area contributed by atoms with E-state index in [-0.39, 0.29) is 0 Å². The zero-order chi connectivity index (χ0) is 21.9. The number of anilines is 2. The number of nitrogens with two attached hydrogens (primary N) is 2. The highest BCUT2D eigenvalue weighted by atomic mass is 16.5. The molecule has 5 heteroatoms. The second kappa shape index (κ2) is 8.32. The summed E-state index contributed by atoms with van der Waals surface area (Å²) in [6.45, 7) is 0. The molecule has 0 amide bonds. The Balaban J connectivity index is 1.49. The monoisotopic (exact) mass is 418 g/mol. The molecule has 5 N–H and O–H groups in total. The first kappa shape index (κ1) is 19.5. The number of nitrogens with zero attached hydrogens (tertiary/aromatic N) is 1. The van der Waals surface area contributed by atoms with Gasteiger partial charge in [-0.25, -0.2) is 4.98 Å². The number of aromatic amines is 1. The van der Waals surface area contributed by atoms with E-state index in [0.29, 0.717) is 22.9 Å². The van der Waals surface area contributed by atoms with E-state index in [1.165, 1.54) is 0 Å². The lowest BCUT2D eigenvalue weighted by Crippen LogP contribution is -1.94. The number of hydrogen-bond donors (Lipinski definition) is 3. The molecule has 0 aliphatic carbocycles. The number of nitrogen functional groups attached to an aromatic ring is 2. The van der Waals surface area contributed by atoms with E-state index >= 15 is 0 Å². The molecule has 0 radical (unpaired) electrons. The predicted molar refractivity (Wildman–Crippen MR) is 130 cm³/mol. The van der Waals surface area contributed by atoms with E-state index in [9.17, 15) is 0 Å². The number of aromatic nitrogens is 2. The largest absolute Gasteiger partial charge is 0.455 e. The summed E-state index contributed by atoms with van der Waals surface area (Å²) in [5.74, 6) is 2.05. The van der Waals surface area contributed by atoms with Crippen LogP contribution in [0.5, 0.6) is 11.5 Å². The van der Waals surface area contributed by atoms with E-state index in [1.54, 1.807) is 18.2 Å². The number of imidazole rings is 1. The highest BCUT2D eigenvalue weighted by molar-refractivity contribution is 5.81. The van der Waals surface area contributed by atoms with Gasteiger partial charge < -0.3 is 21.2 Å². The minimum absolute atomic E-state index is 0.500. The molecular formula is C27H22N4O. The van der Waals surface area contributed by atoms with Crippen LogP contribution in [0, 0.1) is 0 Å². The lowest BCUT2D eigenvalue weighted by Gasteiger charge is -2.09. The highest BCUT2D eigenvalue weighted by Crippen LogP contribution is 2.34. The molecule has 5 rings (SSSR count). The molecule has 32 heavy (non-hydrogen) atoms. The zero-order valence-electron chi connectivity index (χ0n) is 17.3. The third-order valence-electron chi connectivity index (χ3n) is 5.20. The molecule has 1 heterocycles. The Kier molecular flexibility index (Phi) is 5.06. The first-order valence-electron chi connectivity index (χ1n) is 10.3. The van der Waals surface area contributed by atoms with Gasteiger partial charge in [0.1, 0.15) is 17.3 Å². The molecule has 0 saturated carbocycles. The van der Waals surface area contributed by atoms with Crippen molar-refractivity contribution in [2.24, 2.45) is 0 Å². The Bertz CT molecular complexity index is 1290. The summed E-state index contributed by atoms with van der Waals surface area (Å²) in [6, 6.07) is 33.4. The van der Waals surface area contributed by atoms with E-state index in [1.807, 2.05) is 60.7 Å². The lowest BCUT2D eigenvalue weighted by molar-refractivity contribution is 0.485. The summed E-state index contributed by atoms with van der Waals surface area (Å²) >= 11 is 0. The van der Waals surface area contributed by atoms with Gasteiger partial charge in [0.05, 0.1) is 17.1 Å². The second-order valence-electron chi connectivity index (χ2n) is 7.46. The van der Waals surface area contributed by atoms with Crippen molar-refractivity contribution >= 4 is 11.4 Å². The first-order chi connectivity index (χ1) is 15.7. The first-order valence-corrected chi connectivity index (χ1v) is 10.3. The molecule has 0 atom stereocenters. The quantitative estimate of drug-likeness (QED) is 0.289. The average molecular weight is 419 g/mol. The Morgan fingerprint density at radius 2 is 1.31 bits per heavy atom. The van der Waals surface area contributed by atoms with Crippen LogP contribution in [-0.4, -0.2) is 9.97 Å². The van der Waals surface area contributed by atoms with Crippen LogP contribution in [0.1, 0.15) is 0 Å². The van der Waals surface area contributed by atoms with Gasteiger partial charge in [-0.2, -0.15) is 0 Å². The molecule has 0 bridgehead atoms. The minimum Gasteiger partial charge on any atom is -0.455 e. The summed E-state index contributed by atoms with van der Waals surface area (Å²) in [5, 5.41) is 0. The maximum absolute atomic E-state index is 6.00. The van der Waals surface area contributed by atoms with Crippen LogP contribution >= 0.6 is 0 Å². The second-order valence-corrected chi connectivity index (χ2v) is 7.46. The SMILES string of the molecule is Nc1ccc(Oc2ccc(-c3nc(-c4ccccc4)c(-c4ccccc4)[nH]3)cc2)c(N)c1. The lowest BCUT2D eigenvalue weighted by atomic mass is 10.1. The van der Waals surface area contributed by atoms with Gasteiger partial charge in [-0.3, -0.25) is 0 Å². The third-order valence-corrected chi connectivity index (χ3v) is 5.20. The van der Waals surface area contributed by atoms with Crippen molar-refractivity contribution < 1.29 is 4.74 Å². The third kappa shape index (κ3) is 3.91. The predicted octanol–water partition coefficient (Wildman–Crippen LogP) is 6.37. The van der Waals surface area contributed by atoms with Crippen LogP contribution < -0.4 is 16.2 Å². The van der Waals surface area contributed by atoms with E-state index in [4.69, 9.17) is 21.2 Å². The van der Waals surface area contributed by atoms with Crippen molar-refractivity contribution in [2.45, 2.75) is 0 Å². The fourth-order valence-electron chi connectivity index (χ4n) is 3.60. The summed E-state index contributed by atoms with van der Waals surface area (Å²) in [4.78, 5) is 8.45. The van der Waals surface area contributed by atoms with Crippen LogP contribution in [-0.2, 0) is 0 Å². The summed E-state index contributed by atoms with van der Waals surface area (Å²) in [6.07, 6.45) is 0. The van der Waals surface area contributed by atoms with E-state index in [0.717, 1.165) is 33.9 Å². The van der Waals surface area contributed by atoms with Crippen LogP contribution in [0.2, 0.25) is 0 Å². The molecular weight excluding hydrogens is 396 g/mol. The Morgan fingerprint density at radius 1 is 0.656 bits per heavy atom. The van der Waals surface area contributed by atoms with E-state index < -0.39 is 0 Å². The van der Waals surface area contributed by atoms with Gasteiger partial charge in [0.2, 0.25) is 0 Å². The molecule has 0 saturated heterocycles. The Hall–Kier alpha value is -4.51. The van der Waals surface area contributed by atoms with Gasteiger partial charge in [-0.05, 0) is 42.5 Å². The topological polar surface area (TPSA) is 90.0 Å². The number of ether oxygens (including phenoxy) is 1. The van der Waals surface area contributed by atoms with Crippen LogP contribution in [0.15, 0.2) is 103 Å². The van der Waals surface area contributed by atoms with Crippen LogP contribution in [0.25, 0.3) is 33.9 Å². The zero-order valence-corrected chi connectivity index (χ0v) is 17.3. The standard InChI is InChI=1S/C27H22N4O/c28-21-13-16-24(23(29)17-21)32-22-14-11-20(12-15-22)27-30-25(18-7-3-1-4-8-18)26(31-27)19-9-5-2-6-10-19/h1-17H,28-29H2,(H,30,31). The minimum atomic E-state index is 0.500. The molecule has 5 aromatic rings. The van der Waals surface area contributed by atoms with Gasteiger partial charge in [-0.1, -0.05) is 60.7 Å². The van der Waals surface area contributed by atoms with Crippen molar-refractivity contribution in [3.8, 4) is 45.4 Å². The van der Waals surface area contributed by atoms with Gasteiger partial charge in [-0.15, -0.1) is 0 Å². The summed E-state index contributed by atoms with van der Waals surface area (Å²) < 4.78 is 5.91. The van der Waals surface area contributed by atoms with Crippen molar-refractivity contribution in [3.63, 3.8) is 0 Å². The van der Waals surface area contributed by atoms with Crippen LogP contribution in [0.3, 0.4) is 0 Å². The smallest absolute Gasteiger partial charge is 0.150 e. The summed E-state index contributed by atoms with van der Waals surface area (Å²) in [5.41, 5.74) is 17.9. The molecule has 0 aliphatic heterocycles. The molecule has 1 aromatic heterocycles. The van der Waals surface area contributed by atoms with Crippen molar-refractivity contribution in [3.05, 3.63) is 103 Å². The fraction of sp³-hybridized carbons (Fsp3) is 0. The number of benzene rings is 4. The van der Waals surface area contributed by atoms with E-state index in [2.05, 4.69) is 29.2 Å². The molecule has 0 fully saturated rings. The maximum Gasteiger partial charge on any atom is 0.150 e. The molecule has 0 unspecified atom stereocenters. The molecule has 0 spiro atoms. The maximum atomic E-state index is 6.00.